The molecule has 4 aromatic rings. The summed E-state index contributed by atoms with van der Waals surface area (Å²) in [5, 5.41) is 1.67. The molecule has 0 atom stereocenters. The van der Waals surface area contributed by atoms with Gasteiger partial charge in [0.15, 0.2) is 5.78 Å². The van der Waals surface area contributed by atoms with Crippen LogP contribution in [0, 0.1) is 0 Å². The van der Waals surface area contributed by atoms with Crippen molar-refractivity contribution in [1.29, 1.82) is 0 Å². The minimum absolute atomic E-state index is 0.0865. The summed E-state index contributed by atoms with van der Waals surface area (Å²) in [6.45, 7) is 0. The lowest BCUT2D eigenvalue weighted by atomic mass is 9.98. The molecule has 2 aromatic carbocycles. The Bertz CT molecular complexity index is 1060. The average Bonchev–Trinajstić information content (AvgIpc) is 3.25. The molecule has 5 nitrogen and oxygen atoms in total. The summed E-state index contributed by atoms with van der Waals surface area (Å²) in [7, 11) is 3.18. The van der Waals surface area contributed by atoms with Crippen molar-refractivity contribution >= 4 is 27.6 Å². The van der Waals surface area contributed by atoms with Crippen LogP contribution in [0.25, 0.3) is 21.8 Å². The molecule has 5 heteroatoms. The zero-order valence-corrected chi connectivity index (χ0v) is 13.3. The van der Waals surface area contributed by atoms with Gasteiger partial charge >= 0.3 is 0 Å². The molecule has 2 N–H and O–H groups in total. The Hall–Kier alpha value is -3.21. The maximum absolute atomic E-state index is 13.3. The van der Waals surface area contributed by atoms with Crippen molar-refractivity contribution in [3.63, 3.8) is 0 Å². The first kappa shape index (κ1) is 14.4. The monoisotopic (exact) mass is 320 g/mol. The van der Waals surface area contributed by atoms with Gasteiger partial charge in [0.25, 0.3) is 0 Å². The van der Waals surface area contributed by atoms with Crippen LogP contribution in [0.4, 0.5) is 0 Å². The molecule has 2 heterocycles. The second-order valence-corrected chi connectivity index (χ2v) is 5.52. The van der Waals surface area contributed by atoms with Crippen LogP contribution in [-0.2, 0) is 0 Å². The zero-order valence-electron chi connectivity index (χ0n) is 13.3. The molecule has 0 aliphatic carbocycles. The number of carbonyl (C=O) groups excluding carboxylic acids is 1. The van der Waals surface area contributed by atoms with Crippen LogP contribution >= 0.6 is 0 Å². The van der Waals surface area contributed by atoms with Crippen molar-refractivity contribution in [3.05, 3.63) is 59.9 Å². The minimum atomic E-state index is -0.0865. The molecule has 0 unspecified atom stereocenters. The number of rotatable bonds is 4. The van der Waals surface area contributed by atoms with Gasteiger partial charge in [-0.15, -0.1) is 0 Å². The van der Waals surface area contributed by atoms with Gasteiger partial charge in [-0.25, -0.2) is 0 Å². The van der Waals surface area contributed by atoms with E-state index >= 15 is 0 Å². The number of aromatic nitrogens is 2. The molecule has 0 radical (unpaired) electrons. The van der Waals surface area contributed by atoms with Crippen LogP contribution in [0.5, 0.6) is 11.5 Å². The standard InChI is InChI=1S/C19H16N2O3/c1-23-11-3-4-16-13(9-11)14(10-21-16)19(22)18-12-7-8-20-15(12)5-6-17(18)24-2/h3-10,20-21H,1-2H3. The van der Waals surface area contributed by atoms with Gasteiger partial charge in [0.1, 0.15) is 11.5 Å². The summed E-state index contributed by atoms with van der Waals surface area (Å²) in [5.74, 6) is 1.18. The van der Waals surface area contributed by atoms with Crippen LogP contribution in [0.2, 0.25) is 0 Å². The van der Waals surface area contributed by atoms with E-state index in [0.717, 1.165) is 21.8 Å². The fourth-order valence-corrected chi connectivity index (χ4v) is 3.07. The van der Waals surface area contributed by atoms with Gasteiger partial charge in [0.05, 0.1) is 19.8 Å². The van der Waals surface area contributed by atoms with E-state index < -0.39 is 0 Å². The molecule has 0 bridgehead atoms. The van der Waals surface area contributed by atoms with E-state index in [2.05, 4.69) is 9.97 Å². The summed E-state index contributed by atoms with van der Waals surface area (Å²) in [5.41, 5.74) is 2.94. The Kier molecular flexibility index (Phi) is 3.27. The van der Waals surface area contributed by atoms with Crippen molar-refractivity contribution < 1.29 is 14.3 Å². The largest absolute Gasteiger partial charge is 0.497 e. The third-order valence-electron chi connectivity index (χ3n) is 4.28. The van der Waals surface area contributed by atoms with Gasteiger partial charge in [0.2, 0.25) is 0 Å². The predicted octanol–water partition coefficient (Wildman–Crippen LogP) is 3.90. The lowest BCUT2D eigenvalue weighted by Crippen LogP contribution is -2.04. The first-order chi connectivity index (χ1) is 11.7. The van der Waals surface area contributed by atoms with Crippen LogP contribution < -0.4 is 9.47 Å². The average molecular weight is 320 g/mol. The second-order valence-electron chi connectivity index (χ2n) is 5.52. The van der Waals surface area contributed by atoms with Crippen LogP contribution in [0.3, 0.4) is 0 Å². The molecule has 0 saturated heterocycles. The number of aromatic amines is 2. The number of ketones is 1. The van der Waals surface area contributed by atoms with Crippen molar-refractivity contribution in [1.82, 2.24) is 9.97 Å². The minimum Gasteiger partial charge on any atom is -0.497 e. The molecule has 120 valence electrons. The van der Waals surface area contributed by atoms with E-state index in [9.17, 15) is 4.79 Å². The van der Waals surface area contributed by atoms with Gasteiger partial charge in [-0.05, 0) is 36.4 Å². The zero-order chi connectivity index (χ0) is 16.7. The van der Waals surface area contributed by atoms with Crippen LogP contribution in [-0.4, -0.2) is 30.0 Å². The summed E-state index contributed by atoms with van der Waals surface area (Å²) < 4.78 is 10.7. The highest BCUT2D eigenvalue weighted by Crippen LogP contribution is 2.32. The van der Waals surface area contributed by atoms with Crippen LogP contribution in [0.1, 0.15) is 15.9 Å². The Morgan fingerprint density at radius 2 is 1.71 bits per heavy atom. The number of nitrogens with one attached hydrogen (secondary N) is 2. The number of H-pyrrole nitrogens is 2. The molecular formula is C19H16N2O3. The molecule has 0 amide bonds. The molecule has 0 saturated carbocycles. The second kappa shape index (κ2) is 5.45. The molecule has 0 spiro atoms. The van der Waals surface area contributed by atoms with E-state index in [1.807, 2.05) is 42.6 Å². The fraction of sp³-hybridized carbons (Fsp3) is 0.105. The van der Waals surface area contributed by atoms with E-state index in [-0.39, 0.29) is 5.78 Å². The third kappa shape index (κ3) is 2.06. The lowest BCUT2D eigenvalue weighted by Gasteiger charge is -2.09. The highest BCUT2D eigenvalue weighted by molar-refractivity contribution is 6.22. The van der Waals surface area contributed by atoms with E-state index in [1.165, 1.54) is 0 Å². The van der Waals surface area contributed by atoms with E-state index in [4.69, 9.17) is 9.47 Å². The van der Waals surface area contributed by atoms with Gasteiger partial charge in [-0.3, -0.25) is 4.79 Å². The number of carbonyl (C=O) groups is 1. The number of benzene rings is 2. The van der Waals surface area contributed by atoms with Gasteiger partial charge in [0, 0.05) is 39.8 Å². The van der Waals surface area contributed by atoms with Crippen molar-refractivity contribution in [2.24, 2.45) is 0 Å². The maximum atomic E-state index is 13.3. The molecule has 0 aliphatic heterocycles. The summed E-state index contributed by atoms with van der Waals surface area (Å²) >= 11 is 0. The smallest absolute Gasteiger partial charge is 0.199 e. The van der Waals surface area contributed by atoms with Crippen molar-refractivity contribution in [2.75, 3.05) is 14.2 Å². The molecule has 0 aliphatic rings. The first-order valence-electron chi connectivity index (χ1n) is 7.57. The van der Waals surface area contributed by atoms with Gasteiger partial charge in [-0.2, -0.15) is 0 Å². The van der Waals surface area contributed by atoms with Crippen molar-refractivity contribution in [3.8, 4) is 11.5 Å². The highest BCUT2D eigenvalue weighted by Gasteiger charge is 2.21. The maximum Gasteiger partial charge on any atom is 0.199 e. The number of methoxy groups -OCH3 is 2. The SMILES string of the molecule is COc1ccc2[nH]cc(C(=O)c3c(OC)ccc4[nH]ccc34)c2c1. The Morgan fingerprint density at radius 1 is 0.917 bits per heavy atom. The Balaban J connectivity index is 1.95. The Morgan fingerprint density at radius 3 is 2.50 bits per heavy atom. The lowest BCUT2D eigenvalue weighted by molar-refractivity contribution is 0.103. The summed E-state index contributed by atoms with van der Waals surface area (Å²) in [4.78, 5) is 19.5. The highest BCUT2D eigenvalue weighted by atomic mass is 16.5. The van der Waals surface area contributed by atoms with Crippen molar-refractivity contribution in [2.45, 2.75) is 0 Å². The molecule has 2 aromatic heterocycles. The van der Waals surface area contributed by atoms with E-state index in [0.29, 0.717) is 22.6 Å². The molecule has 4 rings (SSSR count). The number of hydrogen-bond acceptors (Lipinski definition) is 3. The first-order valence-corrected chi connectivity index (χ1v) is 7.57. The summed E-state index contributed by atoms with van der Waals surface area (Å²) in [6.07, 6.45) is 3.55. The Labute approximate surface area is 138 Å². The van der Waals surface area contributed by atoms with Crippen LogP contribution in [0.15, 0.2) is 48.8 Å². The fourth-order valence-electron chi connectivity index (χ4n) is 3.07. The predicted molar refractivity (Wildman–Crippen MR) is 93.1 cm³/mol. The quantitative estimate of drug-likeness (QED) is 0.560. The third-order valence-corrected chi connectivity index (χ3v) is 4.28. The number of ether oxygens (including phenoxy) is 2. The normalized spacial score (nSPS) is 11.1. The van der Waals surface area contributed by atoms with Gasteiger partial charge < -0.3 is 19.4 Å². The number of fused-ring (bicyclic) bond motifs is 2. The molecule has 24 heavy (non-hydrogen) atoms. The number of hydrogen-bond donors (Lipinski definition) is 2. The molecular weight excluding hydrogens is 304 g/mol. The molecule has 0 fully saturated rings. The van der Waals surface area contributed by atoms with E-state index in [1.54, 1.807) is 20.4 Å². The topological polar surface area (TPSA) is 67.1 Å². The summed E-state index contributed by atoms with van der Waals surface area (Å²) in [6, 6.07) is 11.2. The van der Waals surface area contributed by atoms with Gasteiger partial charge in [-0.1, -0.05) is 0 Å².